The van der Waals surface area contributed by atoms with Crippen molar-refractivity contribution in [3.05, 3.63) is 0 Å². The van der Waals surface area contributed by atoms with Crippen molar-refractivity contribution < 1.29 is 9.53 Å². The summed E-state index contributed by atoms with van der Waals surface area (Å²) >= 11 is 0. The van der Waals surface area contributed by atoms with E-state index in [1.54, 1.807) is 0 Å². The van der Waals surface area contributed by atoms with Gasteiger partial charge in [-0.3, -0.25) is 4.79 Å². The summed E-state index contributed by atoms with van der Waals surface area (Å²) in [6, 6.07) is 0. The molecule has 1 aliphatic carbocycles. The number of methoxy groups -OCH3 is 1. The van der Waals surface area contributed by atoms with Crippen LogP contribution in [-0.4, -0.2) is 13.1 Å². The topological polar surface area (TPSA) is 26.3 Å². The van der Waals surface area contributed by atoms with E-state index in [2.05, 4.69) is 11.7 Å². The van der Waals surface area contributed by atoms with Gasteiger partial charge in [0.2, 0.25) is 0 Å². The van der Waals surface area contributed by atoms with Gasteiger partial charge < -0.3 is 4.74 Å². The van der Waals surface area contributed by atoms with Crippen molar-refractivity contribution in [2.24, 2.45) is 11.8 Å². The third kappa shape index (κ3) is 1.23. The van der Waals surface area contributed by atoms with Gasteiger partial charge in [0, 0.05) is 0 Å². The zero-order valence-electron chi connectivity index (χ0n) is 5.89. The standard InChI is InChI=1S/C7H12O2/c1-3-5-4-6(5)7(8)9-2/h5-6H,3-4H2,1-2H3/t5-,6+/m1/s1. The van der Waals surface area contributed by atoms with Gasteiger partial charge in [-0.1, -0.05) is 13.3 Å². The van der Waals surface area contributed by atoms with Crippen LogP contribution in [0.3, 0.4) is 0 Å². The summed E-state index contributed by atoms with van der Waals surface area (Å²) in [5.41, 5.74) is 0. The molecule has 0 aromatic heterocycles. The second kappa shape index (κ2) is 2.38. The van der Waals surface area contributed by atoms with E-state index in [1.165, 1.54) is 7.11 Å². The highest BCUT2D eigenvalue weighted by Gasteiger charge is 2.42. The lowest BCUT2D eigenvalue weighted by Gasteiger charge is -1.93. The first-order valence-electron chi connectivity index (χ1n) is 3.37. The van der Waals surface area contributed by atoms with E-state index >= 15 is 0 Å². The molecule has 1 saturated carbocycles. The van der Waals surface area contributed by atoms with Gasteiger partial charge >= 0.3 is 5.97 Å². The number of carbonyl (C=O) groups excluding carboxylic acids is 1. The predicted molar refractivity (Wildman–Crippen MR) is 33.9 cm³/mol. The Morgan fingerprint density at radius 1 is 1.78 bits per heavy atom. The highest BCUT2D eigenvalue weighted by atomic mass is 16.5. The van der Waals surface area contributed by atoms with Gasteiger partial charge in [-0.25, -0.2) is 0 Å². The maximum atomic E-state index is 10.7. The quantitative estimate of drug-likeness (QED) is 0.522. The van der Waals surface area contributed by atoms with Gasteiger partial charge in [0.1, 0.15) is 0 Å². The van der Waals surface area contributed by atoms with Gasteiger partial charge in [0.15, 0.2) is 0 Å². The first-order chi connectivity index (χ1) is 4.29. The maximum Gasteiger partial charge on any atom is 0.308 e. The Labute approximate surface area is 55.2 Å². The number of ether oxygens (including phenoxy) is 1. The molecule has 9 heavy (non-hydrogen) atoms. The van der Waals surface area contributed by atoms with Crippen LogP contribution < -0.4 is 0 Å². The molecule has 2 atom stereocenters. The van der Waals surface area contributed by atoms with Crippen molar-refractivity contribution in [1.82, 2.24) is 0 Å². The molecule has 0 heterocycles. The second-order valence-corrected chi connectivity index (χ2v) is 2.53. The average Bonchev–Trinajstić information content (AvgIpc) is 2.64. The first kappa shape index (κ1) is 6.59. The summed E-state index contributed by atoms with van der Waals surface area (Å²) in [5, 5.41) is 0. The molecule has 2 heteroatoms. The van der Waals surface area contributed by atoms with Gasteiger partial charge in [-0.15, -0.1) is 0 Å². The summed E-state index contributed by atoms with van der Waals surface area (Å²) in [4.78, 5) is 10.7. The number of hydrogen-bond acceptors (Lipinski definition) is 2. The minimum absolute atomic E-state index is 0.0261. The molecule has 52 valence electrons. The van der Waals surface area contributed by atoms with Crippen LogP contribution in [0.5, 0.6) is 0 Å². The molecule has 0 aliphatic heterocycles. The Bertz CT molecular complexity index is 120. The Morgan fingerprint density at radius 2 is 2.44 bits per heavy atom. The lowest BCUT2D eigenvalue weighted by atomic mass is 10.2. The first-order valence-corrected chi connectivity index (χ1v) is 3.37. The van der Waals surface area contributed by atoms with Crippen LogP contribution in [0.1, 0.15) is 19.8 Å². The predicted octanol–water partition coefficient (Wildman–Crippen LogP) is 1.21. The molecule has 0 amide bonds. The maximum absolute atomic E-state index is 10.7. The molecule has 1 aliphatic rings. The van der Waals surface area contributed by atoms with Crippen LogP contribution in [0.25, 0.3) is 0 Å². The van der Waals surface area contributed by atoms with Crippen molar-refractivity contribution in [2.75, 3.05) is 7.11 Å². The monoisotopic (exact) mass is 128 g/mol. The molecule has 0 aromatic carbocycles. The molecule has 0 saturated heterocycles. The van der Waals surface area contributed by atoms with Crippen molar-refractivity contribution >= 4 is 5.97 Å². The van der Waals surface area contributed by atoms with E-state index in [1.807, 2.05) is 0 Å². The van der Waals surface area contributed by atoms with Gasteiger partial charge in [0.05, 0.1) is 13.0 Å². The molecular formula is C7H12O2. The van der Waals surface area contributed by atoms with Crippen LogP contribution in [0.15, 0.2) is 0 Å². The fraction of sp³-hybridized carbons (Fsp3) is 0.857. The molecule has 1 fully saturated rings. The largest absolute Gasteiger partial charge is 0.469 e. The molecule has 0 unspecified atom stereocenters. The Morgan fingerprint density at radius 3 is 2.78 bits per heavy atom. The van der Waals surface area contributed by atoms with Crippen molar-refractivity contribution in [2.45, 2.75) is 19.8 Å². The Hall–Kier alpha value is -0.530. The zero-order valence-corrected chi connectivity index (χ0v) is 5.89. The molecule has 2 nitrogen and oxygen atoms in total. The number of esters is 1. The minimum Gasteiger partial charge on any atom is -0.469 e. The van der Waals surface area contributed by atoms with Crippen molar-refractivity contribution in [1.29, 1.82) is 0 Å². The zero-order chi connectivity index (χ0) is 6.85. The molecule has 0 spiro atoms. The van der Waals surface area contributed by atoms with Crippen LogP contribution in [-0.2, 0) is 9.53 Å². The SMILES string of the molecule is CC[C@@H]1C[C@@H]1C(=O)OC. The van der Waals surface area contributed by atoms with E-state index in [9.17, 15) is 4.79 Å². The van der Waals surface area contributed by atoms with Gasteiger partial charge in [-0.05, 0) is 12.3 Å². The normalized spacial score (nSPS) is 31.8. The van der Waals surface area contributed by atoms with Crippen molar-refractivity contribution in [3.63, 3.8) is 0 Å². The lowest BCUT2D eigenvalue weighted by molar-refractivity contribution is -0.142. The highest BCUT2D eigenvalue weighted by molar-refractivity contribution is 5.75. The summed E-state index contributed by atoms with van der Waals surface area (Å²) in [7, 11) is 1.45. The van der Waals surface area contributed by atoms with E-state index in [0.717, 1.165) is 12.8 Å². The average molecular weight is 128 g/mol. The van der Waals surface area contributed by atoms with E-state index in [-0.39, 0.29) is 11.9 Å². The Kier molecular flexibility index (Phi) is 1.74. The van der Waals surface area contributed by atoms with Gasteiger partial charge in [-0.2, -0.15) is 0 Å². The summed E-state index contributed by atoms with van der Waals surface area (Å²) < 4.78 is 4.57. The highest BCUT2D eigenvalue weighted by Crippen LogP contribution is 2.41. The third-order valence-corrected chi connectivity index (χ3v) is 1.95. The molecule has 0 bridgehead atoms. The van der Waals surface area contributed by atoms with E-state index in [4.69, 9.17) is 0 Å². The van der Waals surface area contributed by atoms with Crippen LogP contribution in [0.2, 0.25) is 0 Å². The molecule has 0 aromatic rings. The number of carbonyl (C=O) groups is 1. The van der Waals surface area contributed by atoms with E-state index in [0.29, 0.717) is 5.92 Å². The minimum atomic E-state index is -0.0261. The van der Waals surface area contributed by atoms with Gasteiger partial charge in [0.25, 0.3) is 0 Å². The van der Waals surface area contributed by atoms with Crippen LogP contribution in [0.4, 0.5) is 0 Å². The fourth-order valence-electron chi connectivity index (χ4n) is 1.14. The smallest absolute Gasteiger partial charge is 0.308 e. The van der Waals surface area contributed by atoms with Crippen LogP contribution in [0, 0.1) is 11.8 Å². The lowest BCUT2D eigenvalue weighted by Crippen LogP contribution is -2.03. The van der Waals surface area contributed by atoms with Crippen LogP contribution >= 0.6 is 0 Å². The third-order valence-electron chi connectivity index (χ3n) is 1.95. The fourth-order valence-corrected chi connectivity index (χ4v) is 1.14. The molecule has 0 N–H and O–H groups in total. The van der Waals surface area contributed by atoms with Crippen molar-refractivity contribution in [3.8, 4) is 0 Å². The second-order valence-electron chi connectivity index (χ2n) is 2.53. The molecule has 0 radical (unpaired) electrons. The summed E-state index contributed by atoms with van der Waals surface area (Å²) in [6.45, 7) is 2.10. The van der Waals surface area contributed by atoms with E-state index < -0.39 is 0 Å². The molecular weight excluding hydrogens is 116 g/mol. The summed E-state index contributed by atoms with van der Waals surface area (Å²) in [5.74, 6) is 0.833. The summed E-state index contributed by atoms with van der Waals surface area (Å²) in [6.07, 6.45) is 2.16. The molecule has 1 rings (SSSR count). The Balaban J connectivity index is 2.25. The number of rotatable bonds is 2. The number of hydrogen-bond donors (Lipinski definition) is 0.